The summed E-state index contributed by atoms with van der Waals surface area (Å²) >= 11 is 0. The van der Waals surface area contributed by atoms with Crippen LogP contribution < -0.4 is 9.33 Å². The number of allylic oxidation sites excluding steroid dienone is 2. The highest BCUT2D eigenvalue weighted by Gasteiger charge is 2.86. The Morgan fingerprint density at radius 3 is 2.42 bits per heavy atom. The first-order chi connectivity index (χ1) is 17.7. The predicted molar refractivity (Wildman–Crippen MR) is 143 cm³/mol. The number of amides is 1. The third-order valence-corrected chi connectivity index (χ3v) is 13.0. The predicted octanol–water partition coefficient (Wildman–Crippen LogP) is 4.73. The molecule has 0 saturated carbocycles. The Kier molecular flexibility index (Phi) is 5.58. The van der Waals surface area contributed by atoms with E-state index in [-0.39, 0.29) is 16.4 Å². The number of anilines is 1. The number of hydrogen-bond donors (Lipinski definition) is 2. The number of aliphatic hydroxyl groups is 1. The SMILES string of the molecule is COC(=O)N1c2ccc(O[Si](C)(C)C(C)(C)C)cc2[C@@]23O[C@@]24[C@@H]1C#C/C=C\C#C[C@H]3C(O)=C(C(=O)O)[C@@H]4C. The Hall–Kier alpha value is -3.66. The fraction of sp³-hybridized carbons (Fsp3) is 0.448. The van der Waals surface area contributed by atoms with Gasteiger partial charge < -0.3 is 24.1 Å². The van der Waals surface area contributed by atoms with Crippen molar-refractivity contribution < 1.29 is 33.7 Å². The Balaban J connectivity index is 1.83. The number of carbonyl (C=O) groups is 2. The minimum Gasteiger partial charge on any atom is -0.543 e. The highest BCUT2D eigenvalue weighted by atomic mass is 28.4. The number of fused-ring (bicyclic) bond motifs is 1. The van der Waals surface area contributed by atoms with Crippen molar-refractivity contribution >= 4 is 26.1 Å². The van der Waals surface area contributed by atoms with Crippen molar-refractivity contribution in [3.8, 4) is 29.4 Å². The van der Waals surface area contributed by atoms with E-state index >= 15 is 0 Å². The van der Waals surface area contributed by atoms with Crippen LogP contribution in [0.3, 0.4) is 0 Å². The monoisotopic (exact) mass is 533 g/mol. The van der Waals surface area contributed by atoms with Crippen LogP contribution in [0, 0.1) is 35.5 Å². The van der Waals surface area contributed by atoms with Gasteiger partial charge in [-0.3, -0.25) is 4.90 Å². The summed E-state index contributed by atoms with van der Waals surface area (Å²) in [5.41, 5.74) is -1.68. The largest absolute Gasteiger partial charge is 0.543 e. The lowest BCUT2D eigenvalue weighted by molar-refractivity contribution is -0.134. The summed E-state index contributed by atoms with van der Waals surface area (Å²) in [7, 11) is -0.954. The van der Waals surface area contributed by atoms with Crippen LogP contribution in [0.5, 0.6) is 5.75 Å². The molecule has 0 aromatic heterocycles. The van der Waals surface area contributed by atoms with Gasteiger partial charge in [0.1, 0.15) is 34.7 Å². The number of carbonyl (C=O) groups excluding carboxylic acids is 1. The van der Waals surface area contributed by atoms with Crippen molar-refractivity contribution in [2.24, 2.45) is 11.8 Å². The zero-order chi connectivity index (χ0) is 27.8. The molecule has 9 heteroatoms. The summed E-state index contributed by atoms with van der Waals surface area (Å²) in [4.78, 5) is 27.0. The molecule has 2 aliphatic heterocycles. The minimum absolute atomic E-state index is 0.0616. The van der Waals surface area contributed by atoms with Gasteiger partial charge in [0.15, 0.2) is 0 Å². The maximum Gasteiger partial charge on any atom is 0.415 e. The summed E-state index contributed by atoms with van der Waals surface area (Å²) in [6, 6.07) is 4.51. The molecule has 8 nitrogen and oxygen atoms in total. The van der Waals surface area contributed by atoms with E-state index in [1.165, 1.54) is 18.1 Å². The van der Waals surface area contributed by atoms with E-state index in [9.17, 15) is 19.8 Å². The topological polar surface area (TPSA) is 109 Å². The van der Waals surface area contributed by atoms with Gasteiger partial charge in [0, 0.05) is 11.5 Å². The molecule has 1 amide bonds. The van der Waals surface area contributed by atoms with Crippen molar-refractivity contribution in [2.75, 3.05) is 12.0 Å². The van der Waals surface area contributed by atoms with Gasteiger partial charge in [-0.1, -0.05) is 51.4 Å². The number of epoxide rings is 1. The average Bonchev–Trinajstić information content (AvgIpc) is 3.54. The molecule has 1 saturated heterocycles. The number of hydrogen-bond acceptors (Lipinski definition) is 6. The van der Waals surface area contributed by atoms with Gasteiger partial charge in [0.05, 0.1) is 18.4 Å². The minimum atomic E-state index is -2.24. The molecule has 5 atom stereocenters. The lowest BCUT2D eigenvalue weighted by Gasteiger charge is -2.45. The van der Waals surface area contributed by atoms with Crippen LogP contribution in [0.2, 0.25) is 18.1 Å². The van der Waals surface area contributed by atoms with Gasteiger partial charge >= 0.3 is 12.1 Å². The first-order valence-electron chi connectivity index (χ1n) is 12.5. The fourth-order valence-electron chi connectivity index (χ4n) is 5.78. The van der Waals surface area contributed by atoms with E-state index in [2.05, 4.69) is 57.5 Å². The summed E-state index contributed by atoms with van der Waals surface area (Å²) in [5.74, 6) is 9.11. The van der Waals surface area contributed by atoms with E-state index in [1.54, 1.807) is 19.1 Å². The Morgan fingerprint density at radius 2 is 1.82 bits per heavy atom. The number of rotatable bonds is 3. The number of aliphatic carboxylic acids is 1. The number of aliphatic hydroxyl groups excluding tert-OH is 1. The summed E-state index contributed by atoms with van der Waals surface area (Å²) < 4.78 is 18.4. The number of carboxylic acids is 1. The lowest BCUT2D eigenvalue weighted by atomic mass is 9.59. The van der Waals surface area contributed by atoms with Crippen LogP contribution in [0.1, 0.15) is 33.3 Å². The molecule has 4 bridgehead atoms. The molecular weight excluding hydrogens is 502 g/mol. The van der Waals surface area contributed by atoms with Crippen molar-refractivity contribution in [1.82, 2.24) is 0 Å². The zero-order valence-corrected chi connectivity index (χ0v) is 23.5. The number of nitrogens with zero attached hydrogens (tertiary/aromatic N) is 1. The number of methoxy groups -OCH3 is 1. The van der Waals surface area contributed by atoms with Gasteiger partial charge in [-0.2, -0.15) is 0 Å². The highest BCUT2D eigenvalue weighted by molar-refractivity contribution is 6.74. The fourth-order valence-corrected chi connectivity index (χ4v) is 6.80. The van der Waals surface area contributed by atoms with Gasteiger partial charge in [-0.15, -0.1) is 0 Å². The van der Waals surface area contributed by atoms with Crippen LogP contribution in [-0.4, -0.2) is 49.3 Å². The molecule has 2 N–H and O–H groups in total. The van der Waals surface area contributed by atoms with E-state index in [1.807, 2.05) is 12.1 Å². The van der Waals surface area contributed by atoms with E-state index in [4.69, 9.17) is 13.9 Å². The first kappa shape index (κ1) is 26.0. The van der Waals surface area contributed by atoms with Crippen LogP contribution in [0.25, 0.3) is 0 Å². The van der Waals surface area contributed by atoms with Gasteiger partial charge in [0.25, 0.3) is 0 Å². The van der Waals surface area contributed by atoms with E-state index in [0.29, 0.717) is 17.0 Å². The third kappa shape index (κ3) is 3.22. The maximum absolute atomic E-state index is 13.3. The summed E-state index contributed by atoms with van der Waals surface area (Å²) in [5, 5.41) is 21.4. The molecule has 0 unspecified atom stereocenters. The second kappa shape index (κ2) is 8.17. The number of ether oxygens (including phenoxy) is 2. The van der Waals surface area contributed by atoms with E-state index < -0.39 is 49.5 Å². The average molecular weight is 534 g/mol. The second-order valence-corrected chi connectivity index (χ2v) is 16.3. The van der Waals surface area contributed by atoms with Crippen LogP contribution in [0.15, 0.2) is 41.7 Å². The quantitative estimate of drug-likeness (QED) is 0.328. The molecule has 2 aliphatic carbocycles. The molecule has 1 fully saturated rings. The lowest BCUT2D eigenvalue weighted by Crippen LogP contribution is -2.60. The summed E-state index contributed by atoms with van der Waals surface area (Å²) in [6.45, 7) is 12.4. The smallest absolute Gasteiger partial charge is 0.415 e. The Bertz CT molecular complexity index is 1450. The molecule has 2 heterocycles. The van der Waals surface area contributed by atoms with Crippen LogP contribution in [-0.2, 0) is 19.9 Å². The Labute approximate surface area is 223 Å². The van der Waals surface area contributed by atoms with Gasteiger partial charge in [0.2, 0.25) is 8.32 Å². The number of carboxylic acid groups (broad SMARTS) is 1. The maximum atomic E-state index is 13.3. The second-order valence-electron chi connectivity index (χ2n) is 11.6. The van der Waals surface area contributed by atoms with Gasteiger partial charge in [-0.05, 0) is 48.5 Å². The molecule has 5 rings (SSSR count). The summed E-state index contributed by atoms with van der Waals surface area (Å²) in [6.07, 6.45) is 2.42. The van der Waals surface area contributed by atoms with Crippen molar-refractivity contribution in [3.05, 3.63) is 47.2 Å². The molecule has 38 heavy (non-hydrogen) atoms. The molecule has 1 aromatic carbocycles. The third-order valence-electron chi connectivity index (χ3n) is 8.67. The van der Waals surface area contributed by atoms with Gasteiger partial charge in [-0.25, -0.2) is 9.59 Å². The van der Waals surface area contributed by atoms with Crippen molar-refractivity contribution in [2.45, 2.75) is 63.1 Å². The molecule has 0 spiro atoms. The zero-order valence-electron chi connectivity index (χ0n) is 22.5. The van der Waals surface area contributed by atoms with Crippen LogP contribution in [0.4, 0.5) is 10.5 Å². The molecule has 198 valence electrons. The first-order valence-corrected chi connectivity index (χ1v) is 15.4. The standard InChI is InChI=1S/C29H31NO7Si/c1-17-23(25(32)33)24(31)19-12-10-8-9-11-13-22-28(17)29(19,37-28)20-16-18(36-38(6,7)27(2,3)4)14-15-21(20)30(22)26(34)35-5/h8-9,14-17,19,22,31H,1-7H3,(H,32,33)/b9-8-/t17-,19-,22-,28-,29+/m0/s1. The molecule has 1 aromatic rings. The van der Waals surface area contributed by atoms with Crippen molar-refractivity contribution in [3.63, 3.8) is 0 Å². The van der Waals surface area contributed by atoms with Crippen LogP contribution >= 0.6 is 0 Å². The number of benzene rings is 1. The van der Waals surface area contributed by atoms with E-state index in [0.717, 1.165) is 0 Å². The molecule has 0 radical (unpaired) electrons. The Morgan fingerprint density at radius 1 is 1.16 bits per heavy atom. The van der Waals surface area contributed by atoms with Crippen molar-refractivity contribution in [1.29, 1.82) is 0 Å². The molecular formula is C29H31NO7Si. The normalized spacial score (nSPS) is 31.3. The molecule has 4 aliphatic rings. The highest BCUT2D eigenvalue weighted by Crippen LogP contribution is 2.74.